The lowest BCUT2D eigenvalue weighted by Gasteiger charge is -2.23. The number of nitrogens with one attached hydrogen (secondary N) is 1. The van der Waals surface area contributed by atoms with Gasteiger partial charge >= 0.3 is 6.03 Å². The van der Waals surface area contributed by atoms with Crippen molar-refractivity contribution in [1.29, 1.82) is 0 Å². The number of urea groups is 1. The van der Waals surface area contributed by atoms with Gasteiger partial charge in [0, 0.05) is 0 Å². The molecule has 2 atom stereocenters. The number of aliphatic hydroxyl groups excluding tert-OH is 1. The summed E-state index contributed by atoms with van der Waals surface area (Å²) < 4.78 is 5.81. The second-order valence-corrected chi connectivity index (χ2v) is 7.46. The van der Waals surface area contributed by atoms with E-state index in [2.05, 4.69) is 5.32 Å². The molecular weight excluding hydrogens is 356 g/mol. The number of aliphatic hydroxyl groups is 1. The zero-order valence-electron chi connectivity index (χ0n) is 16.7. The Balaban J connectivity index is 1.68. The minimum atomic E-state index is -1.14. The Bertz CT molecular complexity index is 897. The molecule has 148 valence electrons. The summed E-state index contributed by atoms with van der Waals surface area (Å²) in [5, 5.41) is 13.1. The highest BCUT2D eigenvalue weighted by atomic mass is 16.5. The zero-order valence-corrected chi connectivity index (χ0v) is 16.7. The summed E-state index contributed by atoms with van der Waals surface area (Å²) in [6.45, 7) is 7.44. The fourth-order valence-electron chi connectivity index (χ4n) is 3.42. The number of benzene rings is 2. The smallest absolute Gasteiger partial charge is 0.325 e. The Morgan fingerprint density at radius 1 is 1.07 bits per heavy atom. The molecule has 6 heteroatoms. The van der Waals surface area contributed by atoms with E-state index >= 15 is 0 Å². The molecule has 0 spiro atoms. The number of carbonyl (C=O) groups is 2. The van der Waals surface area contributed by atoms with Crippen molar-refractivity contribution in [2.75, 3.05) is 13.2 Å². The van der Waals surface area contributed by atoms with Crippen LogP contribution in [0, 0.1) is 20.8 Å². The van der Waals surface area contributed by atoms with Crippen LogP contribution in [-0.2, 0) is 10.3 Å². The van der Waals surface area contributed by atoms with E-state index in [1.54, 1.807) is 19.1 Å². The minimum Gasteiger partial charge on any atom is -0.490 e. The number of hydrogen-bond donors (Lipinski definition) is 2. The normalized spacial score (nSPS) is 20.2. The van der Waals surface area contributed by atoms with Crippen LogP contribution >= 0.6 is 0 Å². The predicted octanol–water partition coefficient (Wildman–Crippen LogP) is 2.82. The summed E-state index contributed by atoms with van der Waals surface area (Å²) in [6, 6.07) is 12.5. The van der Waals surface area contributed by atoms with Crippen LogP contribution in [0.1, 0.15) is 29.2 Å². The number of rotatable bonds is 6. The number of aryl methyl sites for hydroxylation is 2. The van der Waals surface area contributed by atoms with Gasteiger partial charge < -0.3 is 15.2 Å². The van der Waals surface area contributed by atoms with Crippen LogP contribution in [-0.4, -0.2) is 41.2 Å². The van der Waals surface area contributed by atoms with Gasteiger partial charge in [-0.05, 0) is 49.9 Å². The van der Waals surface area contributed by atoms with Crippen LogP contribution in [0.15, 0.2) is 42.5 Å². The Morgan fingerprint density at radius 3 is 2.39 bits per heavy atom. The van der Waals surface area contributed by atoms with Gasteiger partial charge in [0.2, 0.25) is 0 Å². The molecule has 2 unspecified atom stereocenters. The molecule has 0 bridgehead atoms. The van der Waals surface area contributed by atoms with E-state index in [-0.39, 0.29) is 19.1 Å². The van der Waals surface area contributed by atoms with E-state index in [1.807, 2.05) is 51.1 Å². The largest absolute Gasteiger partial charge is 0.490 e. The van der Waals surface area contributed by atoms with Crippen LogP contribution < -0.4 is 10.1 Å². The fourth-order valence-corrected chi connectivity index (χ4v) is 3.42. The molecular formula is C22H26N2O4. The highest BCUT2D eigenvalue weighted by Crippen LogP contribution is 2.29. The standard InChI is InChI=1S/C22H26N2O4/c1-14-10-11-15(2)19(16(14)3)28-13-18(25)12-24-20(26)22(4,23-21(24)27)17-8-6-5-7-9-17/h5-11,18,25H,12-13H2,1-4H3,(H,23,27). The summed E-state index contributed by atoms with van der Waals surface area (Å²) in [6.07, 6.45) is -0.993. The molecule has 1 heterocycles. The minimum absolute atomic E-state index is 0.00968. The van der Waals surface area contributed by atoms with Gasteiger partial charge in [0.1, 0.15) is 24.0 Å². The molecule has 2 N–H and O–H groups in total. The van der Waals surface area contributed by atoms with Crippen LogP contribution in [0.3, 0.4) is 0 Å². The van der Waals surface area contributed by atoms with Gasteiger partial charge in [-0.25, -0.2) is 4.79 Å². The van der Waals surface area contributed by atoms with Gasteiger partial charge in [-0.2, -0.15) is 0 Å². The van der Waals surface area contributed by atoms with E-state index in [0.717, 1.165) is 27.3 Å². The second kappa shape index (κ2) is 7.64. The number of carbonyl (C=O) groups excluding carboxylic acids is 2. The maximum atomic E-state index is 12.9. The number of amides is 3. The maximum Gasteiger partial charge on any atom is 0.325 e. The Hall–Kier alpha value is -2.86. The first-order valence-electron chi connectivity index (χ1n) is 9.31. The summed E-state index contributed by atoms with van der Waals surface area (Å²) >= 11 is 0. The van der Waals surface area contributed by atoms with Crippen molar-refractivity contribution >= 4 is 11.9 Å². The quantitative estimate of drug-likeness (QED) is 0.753. The van der Waals surface area contributed by atoms with Crippen LogP contribution in [0.2, 0.25) is 0 Å². The molecule has 1 aliphatic heterocycles. The van der Waals surface area contributed by atoms with Gasteiger partial charge in [-0.15, -0.1) is 0 Å². The topological polar surface area (TPSA) is 78.9 Å². The van der Waals surface area contributed by atoms with Gasteiger partial charge in [-0.1, -0.05) is 42.5 Å². The number of nitrogens with zero attached hydrogens (tertiary/aromatic N) is 1. The molecule has 6 nitrogen and oxygen atoms in total. The third kappa shape index (κ3) is 3.60. The predicted molar refractivity (Wildman–Crippen MR) is 106 cm³/mol. The van der Waals surface area contributed by atoms with Gasteiger partial charge in [-0.3, -0.25) is 9.69 Å². The molecule has 1 saturated heterocycles. The number of hydrogen-bond acceptors (Lipinski definition) is 4. The first kappa shape index (κ1) is 19.9. The van der Waals surface area contributed by atoms with Crippen molar-refractivity contribution in [2.45, 2.75) is 39.3 Å². The zero-order chi connectivity index (χ0) is 20.5. The van der Waals surface area contributed by atoms with E-state index in [1.165, 1.54) is 0 Å². The Labute approximate surface area is 165 Å². The lowest BCUT2D eigenvalue weighted by atomic mass is 9.92. The third-order valence-electron chi connectivity index (χ3n) is 5.31. The average molecular weight is 382 g/mol. The molecule has 0 saturated carbocycles. The highest BCUT2D eigenvalue weighted by Gasteiger charge is 2.49. The third-order valence-corrected chi connectivity index (χ3v) is 5.31. The number of ether oxygens (including phenoxy) is 1. The Kier molecular flexibility index (Phi) is 5.42. The molecule has 28 heavy (non-hydrogen) atoms. The summed E-state index contributed by atoms with van der Waals surface area (Å²) in [7, 11) is 0. The molecule has 2 aromatic carbocycles. The van der Waals surface area contributed by atoms with Crippen molar-refractivity contribution in [3.05, 3.63) is 64.7 Å². The van der Waals surface area contributed by atoms with Crippen molar-refractivity contribution in [3.8, 4) is 5.75 Å². The highest BCUT2D eigenvalue weighted by molar-refractivity contribution is 6.07. The van der Waals surface area contributed by atoms with Crippen LogP contribution in [0.25, 0.3) is 0 Å². The SMILES string of the molecule is Cc1ccc(C)c(OCC(O)CN2C(=O)NC(C)(c3ccccc3)C2=O)c1C. The summed E-state index contributed by atoms with van der Waals surface area (Å²) in [5.41, 5.74) is 2.65. The van der Waals surface area contributed by atoms with Crippen molar-refractivity contribution < 1.29 is 19.4 Å². The molecule has 0 radical (unpaired) electrons. The van der Waals surface area contributed by atoms with Gasteiger partial charge in [0.15, 0.2) is 0 Å². The lowest BCUT2D eigenvalue weighted by Crippen LogP contribution is -2.42. The maximum absolute atomic E-state index is 12.9. The number of imide groups is 1. The molecule has 0 aromatic heterocycles. The first-order valence-corrected chi connectivity index (χ1v) is 9.31. The number of β-amino-alcohol motifs (C(OH)–C–C–N with tert-alkyl or cyclic N) is 1. The molecule has 0 aliphatic carbocycles. The molecule has 3 amide bonds. The van der Waals surface area contributed by atoms with Crippen molar-refractivity contribution in [1.82, 2.24) is 10.2 Å². The van der Waals surface area contributed by atoms with Gasteiger partial charge in [0.05, 0.1) is 6.54 Å². The monoisotopic (exact) mass is 382 g/mol. The van der Waals surface area contributed by atoms with Crippen molar-refractivity contribution in [2.24, 2.45) is 0 Å². The van der Waals surface area contributed by atoms with E-state index in [9.17, 15) is 14.7 Å². The summed E-state index contributed by atoms with van der Waals surface area (Å²) in [5.74, 6) is 0.344. The average Bonchev–Trinajstić information content (AvgIpc) is 2.89. The second-order valence-electron chi connectivity index (χ2n) is 7.46. The lowest BCUT2D eigenvalue weighted by molar-refractivity contribution is -0.132. The molecule has 1 aliphatic rings. The van der Waals surface area contributed by atoms with Crippen LogP contribution in [0.4, 0.5) is 4.79 Å². The summed E-state index contributed by atoms with van der Waals surface area (Å²) in [4.78, 5) is 26.3. The Morgan fingerprint density at radius 2 is 1.71 bits per heavy atom. The van der Waals surface area contributed by atoms with Crippen molar-refractivity contribution in [3.63, 3.8) is 0 Å². The van der Waals surface area contributed by atoms with E-state index < -0.39 is 17.7 Å². The fraction of sp³-hybridized carbons (Fsp3) is 0.364. The first-order chi connectivity index (χ1) is 13.2. The van der Waals surface area contributed by atoms with Crippen LogP contribution in [0.5, 0.6) is 5.75 Å². The molecule has 3 rings (SSSR count). The van der Waals surface area contributed by atoms with E-state index in [4.69, 9.17) is 4.74 Å². The van der Waals surface area contributed by atoms with E-state index in [0.29, 0.717) is 5.56 Å². The van der Waals surface area contributed by atoms with Gasteiger partial charge in [0.25, 0.3) is 5.91 Å². The molecule has 1 fully saturated rings. The molecule has 2 aromatic rings.